The van der Waals surface area contributed by atoms with E-state index >= 15 is 0 Å². The number of nitrogens with one attached hydrogen (secondary N) is 1. The third-order valence-electron chi connectivity index (χ3n) is 3.82. The third kappa shape index (κ3) is 1.65. The zero-order valence-electron chi connectivity index (χ0n) is 10.6. The van der Waals surface area contributed by atoms with Crippen molar-refractivity contribution in [2.24, 2.45) is 5.41 Å². The first kappa shape index (κ1) is 11.9. The fraction of sp³-hybridized carbons (Fsp3) is 0.357. The monoisotopic (exact) mass is 258 g/mol. The lowest BCUT2D eigenvalue weighted by atomic mass is 10.0. The highest BCUT2D eigenvalue weighted by Crippen LogP contribution is 2.49. The Bertz CT molecular complexity index is 573. The molecule has 0 atom stereocenters. The van der Waals surface area contributed by atoms with Gasteiger partial charge in [-0.3, -0.25) is 14.9 Å². The van der Waals surface area contributed by atoms with Crippen molar-refractivity contribution >= 4 is 23.5 Å². The number of urea groups is 1. The van der Waals surface area contributed by atoms with Crippen LogP contribution in [0.5, 0.6) is 0 Å². The van der Waals surface area contributed by atoms with Crippen molar-refractivity contribution in [1.82, 2.24) is 5.32 Å². The molecule has 1 aliphatic carbocycles. The molecule has 2 aliphatic rings. The van der Waals surface area contributed by atoms with E-state index in [9.17, 15) is 14.4 Å². The smallest absolute Gasteiger partial charge is 0.276 e. The fourth-order valence-corrected chi connectivity index (χ4v) is 2.36. The minimum Gasteiger partial charge on any atom is -0.276 e. The van der Waals surface area contributed by atoms with Gasteiger partial charge in [-0.05, 0) is 37.0 Å². The summed E-state index contributed by atoms with van der Waals surface area (Å²) in [6, 6.07) is 6.58. The molecule has 1 saturated carbocycles. The summed E-state index contributed by atoms with van der Waals surface area (Å²) in [5.41, 5.74) is 0.654. The van der Waals surface area contributed by atoms with Crippen LogP contribution in [0, 0.1) is 5.41 Å². The second-order valence-electron chi connectivity index (χ2n) is 5.00. The topological polar surface area (TPSA) is 66.5 Å². The van der Waals surface area contributed by atoms with Crippen molar-refractivity contribution in [2.45, 2.75) is 26.2 Å². The Morgan fingerprint density at radius 3 is 2.32 bits per heavy atom. The van der Waals surface area contributed by atoms with Gasteiger partial charge in [-0.2, -0.15) is 0 Å². The summed E-state index contributed by atoms with van der Waals surface area (Å²) < 4.78 is 0. The Balaban J connectivity index is 1.96. The molecule has 0 bridgehead atoms. The van der Waals surface area contributed by atoms with Crippen LogP contribution in [0.15, 0.2) is 24.3 Å². The van der Waals surface area contributed by atoms with Gasteiger partial charge >= 0.3 is 6.03 Å². The van der Waals surface area contributed by atoms with Gasteiger partial charge in [-0.1, -0.05) is 19.1 Å². The van der Waals surface area contributed by atoms with Crippen LogP contribution in [0.4, 0.5) is 10.5 Å². The molecule has 5 heteroatoms. The first-order valence-corrected chi connectivity index (χ1v) is 6.37. The average molecular weight is 258 g/mol. The van der Waals surface area contributed by atoms with Crippen molar-refractivity contribution in [3.8, 4) is 0 Å². The molecular weight excluding hydrogens is 244 g/mol. The van der Waals surface area contributed by atoms with Gasteiger partial charge in [0.15, 0.2) is 0 Å². The number of hydrogen-bond acceptors (Lipinski definition) is 3. The van der Waals surface area contributed by atoms with Gasteiger partial charge in [-0.25, -0.2) is 9.69 Å². The van der Waals surface area contributed by atoms with E-state index in [0.717, 1.165) is 16.9 Å². The number of carbonyl (C=O) groups is 3. The van der Waals surface area contributed by atoms with E-state index in [-0.39, 0.29) is 0 Å². The van der Waals surface area contributed by atoms with Crippen LogP contribution in [0.3, 0.4) is 0 Å². The van der Waals surface area contributed by atoms with E-state index in [1.807, 2.05) is 19.1 Å². The number of carbonyl (C=O) groups excluding carboxylic acids is 3. The normalized spacial score (nSPS) is 20.7. The van der Waals surface area contributed by atoms with Crippen molar-refractivity contribution in [1.29, 1.82) is 0 Å². The summed E-state index contributed by atoms with van der Waals surface area (Å²) >= 11 is 0. The highest BCUT2D eigenvalue weighted by atomic mass is 16.2. The number of imide groups is 2. The van der Waals surface area contributed by atoms with Gasteiger partial charge in [-0.15, -0.1) is 0 Å². The molecule has 1 aliphatic heterocycles. The molecule has 1 saturated heterocycles. The lowest BCUT2D eigenvalue weighted by molar-refractivity contribution is -0.136. The molecule has 0 radical (unpaired) electrons. The highest BCUT2D eigenvalue weighted by Gasteiger charge is 2.62. The number of benzene rings is 1. The SMILES string of the molecule is CCc1ccc(N2C(=O)NC(=O)C3(CC3)C2=O)cc1. The van der Waals surface area contributed by atoms with Crippen molar-refractivity contribution in [3.63, 3.8) is 0 Å². The number of amides is 4. The molecule has 5 nitrogen and oxygen atoms in total. The maximum Gasteiger partial charge on any atom is 0.335 e. The molecule has 2 fully saturated rings. The first-order valence-electron chi connectivity index (χ1n) is 6.37. The Labute approximate surface area is 110 Å². The number of hydrogen-bond donors (Lipinski definition) is 1. The van der Waals surface area contributed by atoms with Crippen molar-refractivity contribution in [2.75, 3.05) is 4.90 Å². The van der Waals surface area contributed by atoms with Crippen LogP contribution in [0.25, 0.3) is 0 Å². The second-order valence-corrected chi connectivity index (χ2v) is 5.00. The molecule has 98 valence electrons. The van der Waals surface area contributed by atoms with Crippen molar-refractivity contribution in [3.05, 3.63) is 29.8 Å². The summed E-state index contributed by atoms with van der Waals surface area (Å²) in [5.74, 6) is -0.852. The van der Waals surface area contributed by atoms with Crippen LogP contribution in [-0.4, -0.2) is 17.8 Å². The van der Waals surface area contributed by atoms with E-state index < -0.39 is 23.3 Å². The molecule has 3 rings (SSSR count). The standard InChI is InChI=1S/C14H14N2O3/c1-2-9-3-5-10(6-4-9)16-12(18)14(7-8-14)11(17)15-13(16)19/h3-6H,2,7-8H2,1H3,(H,15,17,19). The van der Waals surface area contributed by atoms with E-state index in [2.05, 4.69) is 5.32 Å². The number of rotatable bonds is 2. The lowest BCUT2D eigenvalue weighted by Crippen LogP contribution is -2.59. The van der Waals surface area contributed by atoms with Gasteiger partial charge in [0.2, 0.25) is 5.91 Å². The molecule has 1 N–H and O–H groups in total. The van der Waals surface area contributed by atoms with Crippen LogP contribution in [-0.2, 0) is 16.0 Å². The average Bonchev–Trinajstić information content (AvgIpc) is 3.19. The van der Waals surface area contributed by atoms with Crippen LogP contribution < -0.4 is 10.2 Å². The summed E-state index contributed by atoms with van der Waals surface area (Å²) in [6.45, 7) is 2.03. The van der Waals surface area contributed by atoms with Gasteiger partial charge in [0.25, 0.3) is 5.91 Å². The van der Waals surface area contributed by atoms with Crippen molar-refractivity contribution < 1.29 is 14.4 Å². The van der Waals surface area contributed by atoms with Gasteiger partial charge < -0.3 is 0 Å². The zero-order valence-corrected chi connectivity index (χ0v) is 10.6. The molecule has 1 spiro atoms. The van der Waals surface area contributed by atoms with Gasteiger partial charge in [0.05, 0.1) is 5.69 Å². The van der Waals surface area contributed by atoms with E-state index in [4.69, 9.17) is 0 Å². The Hall–Kier alpha value is -2.17. The molecule has 0 aromatic heterocycles. The maximum absolute atomic E-state index is 12.3. The molecule has 0 unspecified atom stereocenters. The summed E-state index contributed by atoms with van der Waals surface area (Å²) in [7, 11) is 0. The number of barbiturate groups is 1. The Morgan fingerprint density at radius 2 is 1.79 bits per heavy atom. The van der Waals surface area contributed by atoms with Crippen LogP contribution in [0.2, 0.25) is 0 Å². The quantitative estimate of drug-likeness (QED) is 0.819. The predicted molar refractivity (Wildman–Crippen MR) is 68.5 cm³/mol. The van der Waals surface area contributed by atoms with Crippen LogP contribution >= 0.6 is 0 Å². The number of aryl methyl sites for hydroxylation is 1. The zero-order chi connectivity index (χ0) is 13.6. The Morgan fingerprint density at radius 1 is 1.16 bits per heavy atom. The minimum atomic E-state index is -0.989. The Kier molecular flexibility index (Phi) is 2.45. The molecule has 1 aromatic rings. The summed E-state index contributed by atoms with van der Waals surface area (Å²) in [4.78, 5) is 37.0. The minimum absolute atomic E-state index is 0.398. The number of nitrogens with zero attached hydrogens (tertiary/aromatic N) is 1. The number of anilines is 1. The first-order chi connectivity index (χ1) is 9.08. The third-order valence-corrected chi connectivity index (χ3v) is 3.82. The maximum atomic E-state index is 12.3. The summed E-state index contributed by atoms with van der Waals surface area (Å²) in [6.07, 6.45) is 1.94. The highest BCUT2D eigenvalue weighted by molar-refractivity contribution is 6.31. The molecule has 4 amide bonds. The lowest BCUT2D eigenvalue weighted by Gasteiger charge is -2.30. The molecule has 19 heavy (non-hydrogen) atoms. The molecule has 1 heterocycles. The predicted octanol–water partition coefficient (Wildman–Crippen LogP) is 1.61. The largest absolute Gasteiger partial charge is 0.335 e. The van der Waals surface area contributed by atoms with E-state index in [1.54, 1.807) is 12.1 Å². The second kappa shape index (κ2) is 3.91. The van der Waals surface area contributed by atoms with Crippen LogP contribution in [0.1, 0.15) is 25.3 Å². The van der Waals surface area contributed by atoms with E-state index in [0.29, 0.717) is 18.5 Å². The molecule has 1 aromatic carbocycles. The van der Waals surface area contributed by atoms with E-state index in [1.165, 1.54) is 0 Å². The molecular formula is C14H14N2O3. The van der Waals surface area contributed by atoms with Gasteiger partial charge in [0, 0.05) is 0 Å². The van der Waals surface area contributed by atoms with Gasteiger partial charge in [0.1, 0.15) is 5.41 Å². The summed E-state index contributed by atoms with van der Waals surface area (Å²) in [5, 5.41) is 2.27. The fourth-order valence-electron chi connectivity index (χ4n) is 2.36.